The molecule has 170 valence electrons. The third-order valence-corrected chi connectivity index (χ3v) is 7.01. The van der Waals surface area contributed by atoms with Crippen molar-refractivity contribution in [3.63, 3.8) is 0 Å². The van der Waals surface area contributed by atoms with Crippen LogP contribution in [0.25, 0.3) is 22.4 Å². The van der Waals surface area contributed by atoms with Crippen LogP contribution in [0.4, 0.5) is 11.5 Å². The van der Waals surface area contributed by atoms with E-state index in [0.717, 1.165) is 29.1 Å². The lowest BCUT2D eigenvalue weighted by molar-refractivity contribution is -0.121. The molecule has 3 unspecified atom stereocenters. The maximum atomic E-state index is 12.7. The average Bonchev–Trinajstić information content (AvgIpc) is 3.61. The number of carbonyl (C=O) groups excluding carboxylic acids is 2. The van der Waals surface area contributed by atoms with Crippen LogP contribution in [0.1, 0.15) is 36.2 Å². The van der Waals surface area contributed by atoms with Crippen molar-refractivity contribution in [1.29, 1.82) is 0 Å². The van der Waals surface area contributed by atoms with E-state index in [0.29, 0.717) is 28.8 Å². The van der Waals surface area contributed by atoms with Crippen molar-refractivity contribution in [2.45, 2.75) is 25.7 Å². The second-order valence-corrected chi connectivity index (χ2v) is 9.19. The van der Waals surface area contributed by atoms with Gasteiger partial charge < -0.3 is 15.6 Å². The molecule has 2 aliphatic carbocycles. The first kappa shape index (κ1) is 20.5. The van der Waals surface area contributed by atoms with Crippen molar-refractivity contribution in [3.05, 3.63) is 66.6 Å². The van der Waals surface area contributed by atoms with Crippen LogP contribution in [0.2, 0.25) is 0 Å². The molecule has 34 heavy (non-hydrogen) atoms. The zero-order valence-corrected chi connectivity index (χ0v) is 18.5. The molecule has 3 heterocycles. The van der Waals surface area contributed by atoms with E-state index in [9.17, 15) is 9.59 Å². The second-order valence-electron chi connectivity index (χ2n) is 9.19. The van der Waals surface area contributed by atoms with Crippen molar-refractivity contribution in [3.8, 4) is 11.4 Å². The Balaban J connectivity index is 1.15. The first-order chi connectivity index (χ1) is 16.6. The van der Waals surface area contributed by atoms with E-state index in [2.05, 4.69) is 30.6 Å². The van der Waals surface area contributed by atoms with Gasteiger partial charge in [-0.25, -0.2) is 9.97 Å². The number of benzene rings is 1. The summed E-state index contributed by atoms with van der Waals surface area (Å²) >= 11 is 0. The lowest BCUT2D eigenvalue weighted by Crippen LogP contribution is -2.27. The summed E-state index contributed by atoms with van der Waals surface area (Å²) in [5.41, 5.74) is 3.47. The monoisotopic (exact) mass is 452 g/mol. The molecule has 2 saturated carbocycles. The van der Waals surface area contributed by atoms with Gasteiger partial charge in [0.2, 0.25) is 5.91 Å². The number of pyridine rings is 2. The summed E-state index contributed by atoms with van der Waals surface area (Å²) in [6.45, 7) is 0. The van der Waals surface area contributed by atoms with Crippen molar-refractivity contribution in [1.82, 2.24) is 19.9 Å². The molecular formula is C26H24N6O2. The number of nitrogens with zero attached hydrogens (tertiary/aromatic N) is 3. The summed E-state index contributed by atoms with van der Waals surface area (Å²) in [6, 6.07) is 14.6. The molecule has 6 rings (SSSR count). The van der Waals surface area contributed by atoms with E-state index in [4.69, 9.17) is 0 Å². The molecule has 8 heteroatoms. The highest BCUT2D eigenvalue weighted by Gasteiger charge is 2.43. The van der Waals surface area contributed by atoms with Gasteiger partial charge in [-0.05, 0) is 67.5 Å². The first-order valence-electron chi connectivity index (χ1n) is 11.6. The Hall–Kier alpha value is -4.07. The van der Waals surface area contributed by atoms with Crippen molar-refractivity contribution in [2.24, 2.45) is 17.8 Å². The van der Waals surface area contributed by atoms with E-state index >= 15 is 0 Å². The van der Waals surface area contributed by atoms with Crippen LogP contribution < -0.4 is 10.6 Å². The Morgan fingerprint density at radius 3 is 2.59 bits per heavy atom. The van der Waals surface area contributed by atoms with Gasteiger partial charge in [0, 0.05) is 29.4 Å². The number of hydrogen-bond donors (Lipinski definition) is 3. The number of rotatable bonds is 5. The fraction of sp³-hybridized carbons (Fsp3) is 0.269. The van der Waals surface area contributed by atoms with E-state index < -0.39 is 0 Å². The van der Waals surface area contributed by atoms with Crippen LogP contribution in [0.15, 0.2) is 60.9 Å². The minimum absolute atomic E-state index is 0.148. The highest BCUT2D eigenvalue weighted by Crippen LogP contribution is 2.48. The van der Waals surface area contributed by atoms with Gasteiger partial charge >= 0.3 is 0 Å². The number of aromatic nitrogens is 4. The molecule has 0 radical (unpaired) electrons. The highest BCUT2D eigenvalue weighted by molar-refractivity contribution is 6.03. The number of amides is 2. The third-order valence-electron chi connectivity index (χ3n) is 7.01. The molecule has 2 aliphatic rings. The molecule has 8 nitrogen and oxygen atoms in total. The summed E-state index contributed by atoms with van der Waals surface area (Å²) < 4.78 is 0. The van der Waals surface area contributed by atoms with Crippen LogP contribution >= 0.6 is 0 Å². The smallest absolute Gasteiger partial charge is 0.275 e. The zero-order valence-electron chi connectivity index (χ0n) is 18.5. The molecule has 2 amide bonds. The quantitative estimate of drug-likeness (QED) is 0.408. The maximum absolute atomic E-state index is 12.7. The highest BCUT2D eigenvalue weighted by atomic mass is 16.2. The van der Waals surface area contributed by atoms with Crippen LogP contribution in [-0.2, 0) is 4.79 Å². The minimum atomic E-state index is -0.328. The summed E-state index contributed by atoms with van der Waals surface area (Å²) in [5.74, 6) is 2.38. The number of anilines is 2. The Labute approximate surface area is 196 Å². The van der Waals surface area contributed by atoms with Gasteiger partial charge in [-0.15, -0.1) is 0 Å². The van der Waals surface area contributed by atoms with Gasteiger partial charge in [0.1, 0.15) is 17.3 Å². The van der Waals surface area contributed by atoms with Gasteiger partial charge in [-0.2, -0.15) is 0 Å². The summed E-state index contributed by atoms with van der Waals surface area (Å²) in [7, 11) is 0. The van der Waals surface area contributed by atoms with E-state index in [1.165, 1.54) is 19.3 Å². The van der Waals surface area contributed by atoms with Gasteiger partial charge in [0.25, 0.3) is 5.91 Å². The zero-order chi connectivity index (χ0) is 23.1. The Bertz CT molecular complexity index is 1370. The van der Waals surface area contributed by atoms with Crippen LogP contribution in [0.3, 0.4) is 0 Å². The number of carbonyl (C=O) groups is 2. The van der Waals surface area contributed by atoms with Crippen molar-refractivity contribution < 1.29 is 9.59 Å². The predicted octanol–water partition coefficient (Wildman–Crippen LogP) is 4.65. The first-order valence-corrected chi connectivity index (χ1v) is 11.6. The fourth-order valence-corrected chi connectivity index (χ4v) is 5.30. The Kier molecular flexibility index (Phi) is 5.05. The van der Waals surface area contributed by atoms with E-state index in [1.54, 1.807) is 36.7 Å². The lowest BCUT2D eigenvalue weighted by atomic mass is 9.88. The topological polar surface area (TPSA) is 113 Å². The van der Waals surface area contributed by atoms with Crippen molar-refractivity contribution >= 4 is 34.4 Å². The number of fused-ring (bicyclic) bond motifs is 3. The predicted molar refractivity (Wildman–Crippen MR) is 129 cm³/mol. The van der Waals surface area contributed by atoms with Gasteiger partial charge in [-0.1, -0.05) is 12.5 Å². The molecule has 2 bridgehead atoms. The molecular weight excluding hydrogens is 428 g/mol. The molecule has 3 atom stereocenters. The second kappa shape index (κ2) is 8.37. The molecule has 2 fully saturated rings. The average molecular weight is 453 g/mol. The normalized spacial score (nSPS) is 21.0. The maximum Gasteiger partial charge on any atom is 0.275 e. The molecule has 0 saturated heterocycles. The van der Waals surface area contributed by atoms with Crippen LogP contribution in [0, 0.1) is 17.8 Å². The SMILES string of the molecule is O=C(Nc1cc2nc(-c3ccc(NC(=O)C4CC5CCC4C5)cc3)[nH]c2cn1)c1ccccn1. The molecule has 0 aliphatic heterocycles. The summed E-state index contributed by atoms with van der Waals surface area (Å²) in [5, 5.41) is 5.84. The number of aromatic amines is 1. The Morgan fingerprint density at radius 1 is 0.971 bits per heavy atom. The summed E-state index contributed by atoms with van der Waals surface area (Å²) in [4.78, 5) is 41.3. The number of hydrogen-bond acceptors (Lipinski definition) is 5. The standard InChI is InChI=1S/C26H24N6O2/c33-25(19-12-15-4-5-17(19)11-15)29-18-8-6-16(7-9-18)24-30-21-13-23(28-14-22(21)31-24)32-26(34)20-3-1-2-10-27-20/h1-3,6-10,13-15,17,19H,4-5,11-12H2,(H,29,33)(H,30,31)(H,28,32,34). The van der Waals surface area contributed by atoms with E-state index in [1.807, 2.05) is 24.3 Å². The number of H-pyrrole nitrogens is 1. The fourth-order valence-electron chi connectivity index (χ4n) is 5.30. The van der Waals surface area contributed by atoms with Gasteiger partial charge in [-0.3, -0.25) is 14.6 Å². The molecule has 0 spiro atoms. The Morgan fingerprint density at radius 2 is 1.85 bits per heavy atom. The number of imidazole rings is 1. The molecule has 4 aromatic rings. The largest absolute Gasteiger partial charge is 0.337 e. The van der Waals surface area contributed by atoms with Gasteiger partial charge in [0.15, 0.2) is 0 Å². The van der Waals surface area contributed by atoms with Crippen LogP contribution in [0.5, 0.6) is 0 Å². The molecule has 3 aromatic heterocycles. The van der Waals surface area contributed by atoms with Crippen molar-refractivity contribution in [2.75, 3.05) is 10.6 Å². The molecule has 3 N–H and O–H groups in total. The minimum Gasteiger partial charge on any atom is -0.337 e. The van der Waals surface area contributed by atoms with E-state index in [-0.39, 0.29) is 17.7 Å². The number of nitrogens with one attached hydrogen (secondary N) is 3. The molecule has 1 aromatic carbocycles. The summed E-state index contributed by atoms with van der Waals surface area (Å²) in [6.07, 6.45) is 7.94. The van der Waals surface area contributed by atoms with Crippen LogP contribution in [-0.4, -0.2) is 31.8 Å². The third kappa shape index (κ3) is 3.91. The van der Waals surface area contributed by atoms with Gasteiger partial charge in [0.05, 0.1) is 17.2 Å². The lowest BCUT2D eigenvalue weighted by Gasteiger charge is -2.20.